The van der Waals surface area contributed by atoms with E-state index in [0.717, 1.165) is 11.1 Å². The Morgan fingerprint density at radius 2 is 1.95 bits per heavy atom. The lowest BCUT2D eigenvalue weighted by Gasteiger charge is -2.29. The lowest BCUT2D eigenvalue weighted by molar-refractivity contribution is 0.00984. The molecule has 1 aromatic rings. The van der Waals surface area contributed by atoms with E-state index in [4.69, 9.17) is 0 Å². The van der Waals surface area contributed by atoms with Gasteiger partial charge in [-0.1, -0.05) is 38.5 Å². The number of fused-ring (bicyclic) bond motifs is 1. The predicted molar refractivity (Wildman–Crippen MR) is 82.7 cm³/mol. The summed E-state index contributed by atoms with van der Waals surface area (Å²) in [5, 5.41) is 9.96. The van der Waals surface area contributed by atoms with Crippen LogP contribution in [0.3, 0.4) is 0 Å². The Kier molecular flexibility index (Phi) is 5.35. The van der Waals surface area contributed by atoms with Gasteiger partial charge in [0.15, 0.2) is 0 Å². The van der Waals surface area contributed by atoms with Gasteiger partial charge in [-0.25, -0.2) is 0 Å². The number of rotatable bonds is 3. The monoisotopic (exact) mass is 277 g/mol. The van der Waals surface area contributed by atoms with Crippen LogP contribution >= 0.6 is 0 Å². The summed E-state index contributed by atoms with van der Waals surface area (Å²) in [7, 11) is 0. The zero-order valence-corrected chi connectivity index (χ0v) is 13.5. The number of hydrogen-bond acceptors (Lipinski definition) is 2. The van der Waals surface area contributed by atoms with Crippen molar-refractivity contribution in [1.82, 2.24) is 4.90 Å². The number of hydrogen-bond donors (Lipinski definition) is 1. The smallest absolute Gasteiger partial charge is 0.254 e. The number of benzene rings is 1. The highest BCUT2D eigenvalue weighted by Crippen LogP contribution is 2.26. The normalized spacial score (nSPS) is 15.6. The maximum absolute atomic E-state index is 12.2. The van der Waals surface area contributed by atoms with Gasteiger partial charge in [0.1, 0.15) is 0 Å². The van der Waals surface area contributed by atoms with Crippen molar-refractivity contribution < 1.29 is 9.90 Å². The average Bonchev–Trinajstić information content (AvgIpc) is 2.67. The van der Waals surface area contributed by atoms with Gasteiger partial charge < -0.3 is 10.0 Å². The number of amides is 1. The third-order valence-electron chi connectivity index (χ3n) is 3.84. The topological polar surface area (TPSA) is 40.5 Å². The molecule has 0 aromatic heterocycles. The highest BCUT2D eigenvalue weighted by Gasteiger charge is 2.31. The molecule has 1 aromatic carbocycles. The van der Waals surface area contributed by atoms with Crippen LogP contribution in [0.1, 0.15) is 56.1 Å². The molecule has 0 spiro atoms. The van der Waals surface area contributed by atoms with Gasteiger partial charge in [0.25, 0.3) is 5.91 Å². The Morgan fingerprint density at radius 1 is 1.35 bits per heavy atom. The number of nitrogens with zero attached hydrogens (tertiary/aromatic N) is 1. The van der Waals surface area contributed by atoms with Crippen LogP contribution in [0.25, 0.3) is 0 Å². The van der Waals surface area contributed by atoms with Crippen LogP contribution in [0.2, 0.25) is 0 Å². The molecule has 0 fully saturated rings. The van der Waals surface area contributed by atoms with Crippen molar-refractivity contribution in [3.8, 4) is 0 Å². The van der Waals surface area contributed by atoms with E-state index in [1.54, 1.807) is 13.8 Å². The minimum Gasteiger partial charge on any atom is -0.390 e. The highest BCUT2D eigenvalue weighted by molar-refractivity contribution is 5.98. The van der Waals surface area contributed by atoms with Gasteiger partial charge in [0.05, 0.1) is 5.60 Å². The molecule has 1 aliphatic heterocycles. The van der Waals surface area contributed by atoms with Crippen LogP contribution in [0.15, 0.2) is 18.2 Å². The van der Waals surface area contributed by atoms with Gasteiger partial charge >= 0.3 is 0 Å². The molecule has 0 radical (unpaired) electrons. The van der Waals surface area contributed by atoms with Crippen molar-refractivity contribution in [3.63, 3.8) is 0 Å². The fraction of sp³-hybridized carbons (Fsp3) is 0.588. The highest BCUT2D eigenvalue weighted by atomic mass is 16.3. The van der Waals surface area contributed by atoms with Crippen LogP contribution in [0.5, 0.6) is 0 Å². The summed E-state index contributed by atoms with van der Waals surface area (Å²) in [6.45, 7) is 12.8. The molecule has 1 unspecified atom stereocenters. The van der Waals surface area contributed by atoms with Crippen LogP contribution in [-0.4, -0.2) is 28.1 Å². The van der Waals surface area contributed by atoms with Gasteiger partial charge in [-0.15, -0.1) is 0 Å². The van der Waals surface area contributed by atoms with Gasteiger partial charge in [-0.2, -0.15) is 0 Å². The van der Waals surface area contributed by atoms with Crippen LogP contribution in [0.4, 0.5) is 0 Å². The second kappa shape index (κ2) is 6.40. The molecule has 1 aliphatic rings. The molecular weight excluding hydrogens is 250 g/mol. The summed E-state index contributed by atoms with van der Waals surface area (Å²) in [6, 6.07) is 5.95. The number of carbonyl (C=O) groups excluding carboxylic acids is 1. The Balaban J connectivity index is 0.000000956. The van der Waals surface area contributed by atoms with E-state index in [1.807, 2.05) is 44.7 Å². The number of carbonyl (C=O) groups is 1. The first-order valence-electron chi connectivity index (χ1n) is 7.40. The molecule has 2 rings (SSSR count). The Bertz CT molecular complexity index is 474. The van der Waals surface area contributed by atoms with E-state index in [-0.39, 0.29) is 11.8 Å². The molecule has 3 heteroatoms. The predicted octanol–water partition coefficient (Wildman–Crippen LogP) is 3.38. The van der Waals surface area contributed by atoms with E-state index in [1.165, 1.54) is 5.56 Å². The Labute approximate surface area is 122 Å². The number of aryl methyl sites for hydroxylation is 1. The molecule has 112 valence electrons. The quantitative estimate of drug-likeness (QED) is 0.920. The van der Waals surface area contributed by atoms with Crippen LogP contribution in [0, 0.1) is 12.8 Å². The summed E-state index contributed by atoms with van der Waals surface area (Å²) in [4.78, 5) is 14.0. The molecule has 0 saturated heterocycles. The molecule has 20 heavy (non-hydrogen) atoms. The van der Waals surface area contributed by atoms with Crippen LogP contribution < -0.4 is 0 Å². The van der Waals surface area contributed by atoms with Crippen molar-refractivity contribution in [1.29, 1.82) is 0 Å². The second-order valence-corrected chi connectivity index (χ2v) is 5.90. The Hall–Kier alpha value is -1.35. The fourth-order valence-corrected chi connectivity index (χ4v) is 2.21. The molecular formula is C17H27NO2. The Morgan fingerprint density at radius 3 is 2.50 bits per heavy atom. The molecule has 1 heterocycles. The zero-order chi connectivity index (χ0) is 15.5. The minimum atomic E-state index is -0.759. The first kappa shape index (κ1) is 16.7. The summed E-state index contributed by atoms with van der Waals surface area (Å²) in [5.41, 5.74) is 2.33. The summed E-state index contributed by atoms with van der Waals surface area (Å²) >= 11 is 0. The molecule has 1 atom stereocenters. The lowest BCUT2D eigenvalue weighted by atomic mass is 9.92. The first-order chi connectivity index (χ1) is 9.29. The van der Waals surface area contributed by atoms with E-state index in [0.29, 0.717) is 13.1 Å². The zero-order valence-electron chi connectivity index (χ0n) is 13.5. The van der Waals surface area contributed by atoms with Gasteiger partial charge in [0, 0.05) is 24.6 Å². The van der Waals surface area contributed by atoms with E-state index in [2.05, 4.69) is 6.07 Å². The van der Waals surface area contributed by atoms with Crippen molar-refractivity contribution in [2.24, 2.45) is 5.92 Å². The van der Waals surface area contributed by atoms with E-state index >= 15 is 0 Å². The standard InChI is InChI=1S/C15H21NO2.C2H6/c1-10-5-6-13-12(7-10)9-16(14(13)17)8-11(2)15(3,4)18;1-2/h5-7,11,18H,8-9H2,1-4H3;1-2H3. The van der Waals surface area contributed by atoms with Crippen LogP contribution in [-0.2, 0) is 6.54 Å². The van der Waals surface area contributed by atoms with Gasteiger partial charge in [-0.3, -0.25) is 4.79 Å². The third-order valence-corrected chi connectivity index (χ3v) is 3.84. The fourth-order valence-electron chi connectivity index (χ4n) is 2.21. The maximum atomic E-state index is 12.2. The molecule has 0 bridgehead atoms. The minimum absolute atomic E-state index is 0.0526. The average molecular weight is 277 g/mol. The molecule has 1 N–H and O–H groups in total. The van der Waals surface area contributed by atoms with E-state index < -0.39 is 5.60 Å². The molecule has 0 saturated carbocycles. The van der Waals surface area contributed by atoms with Gasteiger partial charge in [0.2, 0.25) is 0 Å². The van der Waals surface area contributed by atoms with Crippen molar-refractivity contribution in [3.05, 3.63) is 34.9 Å². The van der Waals surface area contributed by atoms with Crippen molar-refractivity contribution in [2.75, 3.05) is 6.54 Å². The van der Waals surface area contributed by atoms with Crippen molar-refractivity contribution in [2.45, 2.75) is 53.7 Å². The summed E-state index contributed by atoms with van der Waals surface area (Å²) in [5.74, 6) is 0.137. The summed E-state index contributed by atoms with van der Waals surface area (Å²) < 4.78 is 0. The first-order valence-corrected chi connectivity index (χ1v) is 7.40. The third kappa shape index (κ3) is 3.60. The molecule has 3 nitrogen and oxygen atoms in total. The maximum Gasteiger partial charge on any atom is 0.254 e. The summed E-state index contributed by atoms with van der Waals surface area (Å²) in [6.07, 6.45) is 0. The molecule has 1 amide bonds. The SMILES string of the molecule is CC.Cc1ccc2c(c1)CN(CC(C)C(C)(C)O)C2=O. The molecule has 0 aliphatic carbocycles. The largest absolute Gasteiger partial charge is 0.390 e. The number of aliphatic hydroxyl groups is 1. The van der Waals surface area contributed by atoms with Crippen molar-refractivity contribution >= 4 is 5.91 Å². The lowest BCUT2D eigenvalue weighted by Crippen LogP contribution is -2.39. The second-order valence-electron chi connectivity index (χ2n) is 5.90. The van der Waals surface area contributed by atoms with E-state index in [9.17, 15) is 9.90 Å². The van der Waals surface area contributed by atoms with Gasteiger partial charge in [-0.05, 0) is 32.4 Å².